The summed E-state index contributed by atoms with van der Waals surface area (Å²) in [6.07, 6.45) is 12.9. The zero-order chi connectivity index (χ0) is 10.7. The van der Waals surface area contributed by atoms with Crippen LogP contribution in [0.4, 0.5) is 0 Å². The van der Waals surface area contributed by atoms with Crippen molar-refractivity contribution in [1.82, 2.24) is 0 Å². The molecule has 0 radical (unpaired) electrons. The van der Waals surface area contributed by atoms with Crippen molar-refractivity contribution in [2.24, 2.45) is 5.41 Å². The Morgan fingerprint density at radius 1 is 1.33 bits per heavy atom. The zero-order valence-corrected chi connectivity index (χ0v) is 9.40. The summed E-state index contributed by atoms with van der Waals surface area (Å²) >= 11 is 0. The summed E-state index contributed by atoms with van der Waals surface area (Å²) in [6.45, 7) is 4.63. The molecule has 2 aliphatic rings. The largest absolute Gasteiger partial charge is 0.456 e. The van der Waals surface area contributed by atoms with Crippen LogP contribution in [-0.2, 0) is 9.47 Å². The van der Waals surface area contributed by atoms with Gasteiger partial charge in [-0.05, 0) is 30.8 Å². The molecule has 0 unspecified atom stereocenters. The fraction of sp³-hybridized carbons (Fsp3) is 0.538. The lowest BCUT2D eigenvalue weighted by molar-refractivity contribution is 0.0191. The summed E-state index contributed by atoms with van der Waals surface area (Å²) in [5.41, 5.74) is 1.87. The van der Waals surface area contributed by atoms with Crippen LogP contribution in [0.1, 0.15) is 33.1 Å². The molecule has 0 fully saturated rings. The fourth-order valence-corrected chi connectivity index (χ4v) is 1.79. The van der Waals surface area contributed by atoms with E-state index >= 15 is 0 Å². The molecular weight excluding hydrogens is 188 g/mol. The molecule has 82 valence electrons. The molecule has 2 rings (SSSR count). The van der Waals surface area contributed by atoms with Crippen LogP contribution in [0.2, 0.25) is 0 Å². The first-order chi connectivity index (χ1) is 7.16. The van der Waals surface area contributed by atoms with Crippen molar-refractivity contribution < 1.29 is 9.47 Å². The normalized spacial score (nSPS) is 25.1. The van der Waals surface area contributed by atoms with E-state index in [1.54, 1.807) is 12.5 Å². The predicted octanol–water partition coefficient (Wildman–Crippen LogP) is 3.52. The van der Waals surface area contributed by atoms with Crippen molar-refractivity contribution in [3.05, 3.63) is 36.3 Å². The van der Waals surface area contributed by atoms with Gasteiger partial charge in [0, 0.05) is 0 Å². The lowest BCUT2D eigenvalue weighted by atomic mass is 9.78. The van der Waals surface area contributed by atoms with E-state index in [9.17, 15) is 0 Å². The molecule has 0 N–H and O–H groups in total. The molecule has 0 aromatic heterocycles. The van der Waals surface area contributed by atoms with Gasteiger partial charge in [-0.3, -0.25) is 0 Å². The summed E-state index contributed by atoms with van der Waals surface area (Å²) in [6, 6.07) is 0. The second kappa shape index (κ2) is 4.13. The third-order valence-corrected chi connectivity index (χ3v) is 2.96. The molecule has 1 heterocycles. The molecular formula is C13H18O2. The van der Waals surface area contributed by atoms with Gasteiger partial charge in [0.2, 0.25) is 0 Å². The van der Waals surface area contributed by atoms with Crippen LogP contribution in [-0.4, -0.2) is 6.29 Å². The highest BCUT2D eigenvalue weighted by atomic mass is 16.7. The third-order valence-electron chi connectivity index (χ3n) is 2.96. The maximum absolute atomic E-state index is 5.17. The number of hydrogen-bond acceptors (Lipinski definition) is 2. The summed E-state index contributed by atoms with van der Waals surface area (Å²) in [4.78, 5) is 0. The van der Waals surface area contributed by atoms with Gasteiger partial charge >= 0.3 is 0 Å². The van der Waals surface area contributed by atoms with Gasteiger partial charge in [-0.1, -0.05) is 31.6 Å². The topological polar surface area (TPSA) is 18.5 Å². The molecule has 0 saturated heterocycles. The van der Waals surface area contributed by atoms with Crippen LogP contribution in [0.5, 0.6) is 0 Å². The Balaban J connectivity index is 1.87. The van der Waals surface area contributed by atoms with Crippen molar-refractivity contribution in [3.8, 4) is 0 Å². The molecule has 15 heavy (non-hydrogen) atoms. The number of allylic oxidation sites excluding steroid dienone is 3. The number of ether oxygens (including phenoxy) is 2. The molecule has 0 saturated carbocycles. The maximum Gasteiger partial charge on any atom is 0.259 e. The summed E-state index contributed by atoms with van der Waals surface area (Å²) in [7, 11) is 0. The van der Waals surface area contributed by atoms with E-state index in [4.69, 9.17) is 9.47 Å². The minimum atomic E-state index is -0.221. The highest BCUT2D eigenvalue weighted by Gasteiger charge is 2.20. The van der Waals surface area contributed by atoms with Crippen molar-refractivity contribution in [2.45, 2.75) is 39.4 Å². The standard InChI is InChI=1S/C13H18O2/c1-13(2)7-5-11(6-8-13)3-4-12-14-9-10-15-12/h3-5,9-10,12H,6-8H2,1-2H3/b4-3+. The Morgan fingerprint density at radius 3 is 2.67 bits per heavy atom. The Hall–Kier alpha value is -1.18. The summed E-state index contributed by atoms with van der Waals surface area (Å²) in [5, 5.41) is 0. The zero-order valence-electron chi connectivity index (χ0n) is 9.40. The molecule has 0 amide bonds. The first-order valence-corrected chi connectivity index (χ1v) is 5.49. The van der Waals surface area contributed by atoms with E-state index in [1.807, 2.05) is 6.08 Å². The van der Waals surface area contributed by atoms with E-state index in [-0.39, 0.29) is 6.29 Å². The van der Waals surface area contributed by atoms with Crippen LogP contribution in [0.25, 0.3) is 0 Å². The second-order valence-electron chi connectivity index (χ2n) is 4.92. The number of hydrogen-bond donors (Lipinski definition) is 0. The van der Waals surface area contributed by atoms with Gasteiger partial charge in [-0.15, -0.1) is 0 Å². The fourth-order valence-electron chi connectivity index (χ4n) is 1.79. The Morgan fingerprint density at radius 2 is 2.07 bits per heavy atom. The van der Waals surface area contributed by atoms with Crippen molar-refractivity contribution >= 4 is 0 Å². The monoisotopic (exact) mass is 206 g/mol. The molecule has 0 atom stereocenters. The van der Waals surface area contributed by atoms with E-state index < -0.39 is 0 Å². The minimum Gasteiger partial charge on any atom is -0.456 e. The van der Waals surface area contributed by atoms with Gasteiger partial charge in [0.25, 0.3) is 6.29 Å². The first-order valence-electron chi connectivity index (χ1n) is 5.49. The van der Waals surface area contributed by atoms with Crippen molar-refractivity contribution in [2.75, 3.05) is 0 Å². The highest BCUT2D eigenvalue weighted by molar-refractivity contribution is 5.22. The van der Waals surface area contributed by atoms with Crippen LogP contribution in [0.3, 0.4) is 0 Å². The Bertz CT molecular complexity index is 302. The van der Waals surface area contributed by atoms with E-state index in [1.165, 1.54) is 12.0 Å². The molecule has 0 aromatic rings. The quantitative estimate of drug-likeness (QED) is 0.688. The van der Waals surface area contributed by atoms with E-state index in [0.29, 0.717) is 5.41 Å². The van der Waals surface area contributed by atoms with E-state index in [0.717, 1.165) is 12.8 Å². The lowest BCUT2D eigenvalue weighted by Crippen LogP contribution is -2.14. The second-order valence-corrected chi connectivity index (χ2v) is 4.92. The van der Waals surface area contributed by atoms with Gasteiger partial charge < -0.3 is 9.47 Å². The molecule has 1 aliphatic carbocycles. The first kappa shape index (κ1) is 10.3. The molecule has 0 aromatic carbocycles. The SMILES string of the molecule is CC1(C)CC=C(/C=C/C2OC=CO2)CC1. The molecule has 2 nitrogen and oxygen atoms in total. The van der Waals surface area contributed by atoms with Gasteiger partial charge in [0.05, 0.1) is 0 Å². The minimum absolute atomic E-state index is 0.221. The van der Waals surface area contributed by atoms with Gasteiger partial charge in [0.15, 0.2) is 0 Å². The lowest BCUT2D eigenvalue weighted by Gasteiger charge is -2.27. The van der Waals surface area contributed by atoms with Gasteiger partial charge in [-0.25, -0.2) is 0 Å². The molecule has 1 aliphatic heterocycles. The predicted molar refractivity (Wildman–Crippen MR) is 60.0 cm³/mol. The summed E-state index contributed by atoms with van der Waals surface area (Å²) < 4.78 is 10.3. The number of rotatable bonds is 2. The Kier molecular flexibility index (Phi) is 2.85. The average molecular weight is 206 g/mol. The molecule has 0 bridgehead atoms. The van der Waals surface area contributed by atoms with Crippen LogP contribution >= 0.6 is 0 Å². The average Bonchev–Trinajstić information content (AvgIpc) is 2.69. The van der Waals surface area contributed by atoms with Gasteiger partial charge in [-0.2, -0.15) is 0 Å². The third kappa shape index (κ3) is 2.88. The highest BCUT2D eigenvalue weighted by Crippen LogP contribution is 2.34. The smallest absolute Gasteiger partial charge is 0.259 e. The van der Waals surface area contributed by atoms with Crippen molar-refractivity contribution in [3.63, 3.8) is 0 Å². The Labute approximate surface area is 91.3 Å². The van der Waals surface area contributed by atoms with Crippen molar-refractivity contribution in [1.29, 1.82) is 0 Å². The van der Waals surface area contributed by atoms with Crippen LogP contribution in [0, 0.1) is 5.41 Å². The van der Waals surface area contributed by atoms with E-state index in [2.05, 4.69) is 26.0 Å². The summed E-state index contributed by atoms with van der Waals surface area (Å²) in [5.74, 6) is 0. The molecule has 0 spiro atoms. The van der Waals surface area contributed by atoms with Gasteiger partial charge in [0.1, 0.15) is 12.5 Å². The van der Waals surface area contributed by atoms with Crippen LogP contribution in [0.15, 0.2) is 36.3 Å². The molecule has 2 heteroatoms. The maximum atomic E-state index is 5.17. The van der Waals surface area contributed by atoms with Crippen LogP contribution < -0.4 is 0 Å².